The normalized spacial score (nSPS) is 11.8. The van der Waals surface area contributed by atoms with Gasteiger partial charge in [0.2, 0.25) is 6.10 Å². The highest BCUT2D eigenvalue weighted by atomic mass is 35.5. The van der Waals surface area contributed by atoms with Gasteiger partial charge in [-0.25, -0.2) is 0 Å². The van der Waals surface area contributed by atoms with E-state index in [-0.39, 0.29) is 5.91 Å². The molecule has 0 aliphatic rings. The second-order valence-corrected chi connectivity index (χ2v) is 5.53. The third-order valence-electron chi connectivity index (χ3n) is 3.29. The third-order valence-corrected chi connectivity index (χ3v) is 3.52. The fourth-order valence-corrected chi connectivity index (χ4v) is 2.16. The van der Waals surface area contributed by atoms with Gasteiger partial charge in [0.05, 0.1) is 20.4 Å². The van der Waals surface area contributed by atoms with E-state index in [1.54, 1.807) is 63.6 Å². The van der Waals surface area contributed by atoms with E-state index in [0.29, 0.717) is 22.2 Å². The molecule has 132 valence electrons. The van der Waals surface area contributed by atoms with Crippen LogP contribution < -0.4 is 14.8 Å². The Labute approximate surface area is 151 Å². The number of carbonyl (C=O) groups excluding carboxylic acids is 1. The van der Waals surface area contributed by atoms with Crippen molar-refractivity contribution in [1.29, 1.82) is 0 Å². The van der Waals surface area contributed by atoms with Crippen molar-refractivity contribution < 1.29 is 19.1 Å². The van der Waals surface area contributed by atoms with Gasteiger partial charge >= 0.3 is 0 Å². The molecular formula is C18H19ClN2O4. The monoisotopic (exact) mass is 362 g/mol. The Bertz CT molecular complexity index is 764. The topological polar surface area (TPSA) is 69.2 Å². The van der Waals surface area contributed by atoms with Gasteiger partial charge in [-0.2, -0.15) is 0 Å². The van der Waals surface area contributed by atoms with Crippen LogP contribution in [0, 0.1) is 0 Å². The summed E-state index contributed by atoms with van der Waals surface area (Å²) < 4.78 is 10.4. The molecule has 1 N–H and O–H groups in total. The molecule has 0 fully saturated rings. The maximum Gasteiger partial charge on any atom is 0.267 e. The molecule has 0 spiro atoms. The Balaban J connectivity index is 1.93. The fraction of sp³-hybridized carbons (Fsp3) is 0.222. The van der Waals surface area contributed by atoms with E-state index < -0.39 is 6.10 Å². The van der Waals surface area contributed by atoms with Crippen LogP contribution in [-0.4, -0.2) is 32.4 Å². The van der Waals surface area contributed by atoms with E-state index in [9.17, 15) is 4.79 Å². The van der Waals surface area contributed by atoms with Gasteiger partial charge in [0.15, 0.2) is 11.5 Å². The minimum Gasteiger partial charge on any atom is -0.493 e. The smallest absolute Gasteiger partial charge is 0.267 e. The summed E-state index contributed by atoms with van der Waals surface area (Å²) in [6, 6.07) is 12.2. The minimum atomic E-state index is -0.768. The standard InChI is InChI=1S/C18H19ClN2O4/c1-12(18(22)21-15-6-4-5-14(19)10-15)25-20-11-13-7-8-16(23-2)17(9-13)24-3/h4-12H,1-3H3,(H,21,22)/b20-11-/t12-/m1/s1. The summed E-state index contributed by atoms with van der Waals surface area (Å²) in [6.45, 7) is 1.60. The van der Waals surface area contributed by atoms with Crippen LogP contribution in [0.15, 0.2) is 47.6 Å². The number of methoxy groups -OCH3 is 2. The van der Waals surface area contributed by atoms with E-state index >= 15 is 0 Å². The van der Waals surface area contributed by atoms with Crippen LogP contribution in [0.5, 0.6) is 11.5 Å². The van der Waals surface area contributed by atoms with Crippen LogP contribution in [0.4, 0.5) is 5.69 Å². The molecule has 2 aromatic carbocycles. The lowest BCUT2D eigenvalue weighted by molar-refractivity contribution is -0.126. The second-order valence-electron chi connectivity index (χ2n) is 5.10. The van der Waals surface area contributed by atoms with Crippen molar-refractivity contribution in [3.05, 3.63) is 53.1 Å². The van der Waals surface area contributed by atoms with E-state index in [1.165, 1.54) is 6.21 Å². The van der Waals surface area contributed by atoms with E-state index in [2.05, 4.69) is 10.5 Å². The van der Waals surface area contributed by atoms with Gasteiger partial charge < -0.3 is 19.6 Å². The summed E-state index contributed by atoms with van der Waals surface area (Å²) >= 11 is 5.88. The number of rotatable bonds is 7. The number of benzene rings is 2. The third kappa shape index (κ3) is 5.39. The lowest BCUT2D eigenvalue weighted by atomic mass is 10.2. The number of nitrogens with one attached hydrogen (secondary N) is 1. The summed E-state index contributed by atoms with van der Waals surface area (Å²) in [5, 5.41) is 7.09. The Morgan fingerprint density at radius 2 is 1.92 bits per heavy atom. The van der Waals surface area contributed by atoms with E-state index in [4.69, 9.17) is 25.9 Å². The van der Waals surface area contributed by atoms with Gasteiger partial charge in [-0.05, 0) is 43.3 Å². The van der Waals surface area contributed by atoms with E-state index in [0.717, 1.165) is 5.56 Å². The first-order valence-electron chi connectivity index (χ1n) is 7.51. The number of oxime groups is 1. The van der Waals surface area contributed by atoms with Gasteiger partial charge in [-0.1, -0.05) is 22.8 Å². The zero-order valence-corrected chi connectivity index (χ0v) is 14.9. The predicted molar refractivity (Wildman–Crippen MR) is 97.8 cm³/mol. The molecule has 0 aliphatic heterocycles. The zero-order chi connectivity index (χ0) is 18.2. The number of halogens is 1. The average Bonchev–Trinajstić information content (AvgIpc) is 2.61. The van der Waals surface area contributed by atoms with Crippen molar-refractivity contribution in [1.82, 2.24) is 0 Å². The van der Waals surface area contributed by atoms with Gasteiger partial charge in [-0.3, -0.25) is 4.79 Å². The molecule has 0 saturated heterocycles. The maximum absolute atomic E-state index is 12.1. The van der Waals surface area contributed by atoms with Gasteiger partial charge in [0.25, 0.3) is 5.91 Å². The highest BCUT2D eigenvalue weighted by Crippen LogP contribution is 2.26. The Kier molecular flexibility index (Phi) is 6.65. The second kappa shape index (κ2) is 8.94. The molecule has 1 atom stereocenters. The summed E-state index contributed by atoms with van der Waals surface area (Å²) in [7, 11) is 3.12. The molecule has 0 radical (unpaired) electrons. The minimum absolute atomic E-state index is 0.327. The lowest BCUT2D eigenvalue weighted by Crippen LogP contribution is -2.26. The molecule has 0 aromatic heterocycles. The summed E-state index contributed by atoms with van der Waals surface area (Å²) in [5.41, 5.74) is 1.34. The van der Waals surface area contributed by atoms with Gasteiger partial charge in [-0.15, -0.1) is 0 Å². The van der Waals surface area contributed by atoms with Crippen LogP contribution >= 0.6 is 11.6 Å². The molecule has 2 rings (SSSR count). The number of amides is 1. The quantitative estimate of drug-likeness (QED) is 0.601. The van der Waals surface area contributed by atoms with Crippen molar-refractivity contribution in [2.75, 3.05) is 19.5 Å². The highest BCUT2D eigenvalue weighted by Gasteiger charge is 2.14. The number of hydrogen-bond donors (Lipinski definition) is 1. The fourth-order valence-electron chi connectivity index (χ4n) is 1.97. The SMILES string of the molecule is COc1ccc(/C=N\O[C@H](C)C(=O)Nc2cccc(Cl)c2)cc1OC. The molecule has 2 aromatic rings. The molecule has 0 heterocycles. The first-order valence-corrected chi connectivity index (χ1v) is 7.89. The van der Waals surface area contributed by atoms with Crippen molar-refractivity contribution in [3.63, 3.8) is 0 Å². The molecule has 7 heteroatoms. The molecule has 6 nitrogen and oxygen atoms in total. The Hall–Kier alpha value is -2.73. The first-order chi connectivity index (χ1) is 12.0. The number of carbonyl (C=O) groups is 1. The van der Waals surface area contributed by atoms with Crippen LogP contribution in [0.1, 0.15) is 12.5 Å². The van der Waals surface area contributed by atoms with Crippen LogP contribution in [0.25, 0.3) is 0 Å². The number of nitrogens with zero attached hydrogens (tertiary/aromatic N) is 1. The number of anilines is 1. The largest absolute Gasteiger partial charge is 0.493 e. The van der Waals surface area contributed by atoms with E-state index in [1.807, 2.05) is 0 Å². The summed E-state index contributed by atoms with van der Waals surface area (Å²) in [6.07, 6.45) is 0.723. The van der Waals surface area contributed by atoms with Crippen molar-refractivity contribution in [2.24, 2.45) is 5.16 Å². The summed E-state index contributed by atoms with van der Waals surface area (Å²) in [4.78, 5) is 17.3. The van der Waals surface area contributed by atoms with Gasteiger partial charge in [0, 0.05) is 16.3 Å². The zero-order valence-electron chi connectivity index (χ0n) is 14.2. The average molecular weight is 363 g/mol. The van der Waals surface area contributed by atoms with Crippen LogP contribution in [0.3, 0.4) is 0 Å². The van der Waals surface area contributed by atoms with Gasteiger partial charge in [0.1, 0.15) is 0 Å². The molecule has 0 saturated carbocycles. The van der Waals surface area contributed by atoms with Crippen LogP contribution in [0.2, 0.25) is 5.02 Å². The van der Waals surface area contributed by atoms with Crippen molar-refractivity contribution in [3.8, 4) is 11.5 Å². The number of ether oxygens (including phenoxy) is 2. The highest BCUT2D eigenvalue weighted by molar-refractivity contribution is 6.30. The molecular weight excluding hydrogens is 344 g/mol. The first kappa shape index (κ1) is 18.6. The van der Waals surface area contributed by atoms with Crippen molar-refractivity contribution in [2.45, 2.75) is 13.0 Å². The van der Waals surface area contributed by atoms with Crippen molar-refractivity contribution >= 4 is 29.4 Å². The molecule has 0 aliphatic carbocycles. The molecule has 25 heavy (non-hydrogen) atoms. The Morgan fingerprint density at radius 3 is 2.60 bits per heavy atom. The number of hydrogen-bond acceptors (Lipinski definition) is 5. The molecule has 1 amide bonds. The lowest BCUT2D eigenvalue weighted by Gasteiger charge is -2.11. The molecule has 0 unspecified atom stereocenters. The predicted octanol–water partition coefficient (Wildman–Crippen LogP) is 3.73. The maximum atomic E-state index is 12.1. The molecule has 0 bridgehead atoms. The Morgan fingerprint density at radius 1 is 1.16 bits per heavy atom. The van der Waals surface area contributed by atoms with Crippen LogP contribution in [-0.2, 0) is 9.63 Å². The summed E-state index contributed by atoms with van der Waals surface area (Å²) in [5.74, 6) is 0.875.